The molecule has 0 N–H and O–H groups in total. The van der Waals surface area contributed by atoms with E-state index in [-0.39, 0.29) is 10.8 Å². The Bertz CT molecular complexity index is 388. The second-order valence-corrected chi connectivity index (χ2v) is 4.11. The van der Waals surface area contributed by atoms with Crippen LogP contribution < -0.4 is 0 Å². The van der Waals surface area contributed by atoms with Crippen LogP contribution in [0.15, 0.2) is 17.7 Å². The van der Waals surface area contributed by atoms with Gasteiger partial charge in [0, 0.05) is 0 Å². The molecular weight excluding hydrogens is 199 g/mol. The summed E-state index contributed by atoms with van der Waals surface area (Å²) >= 11 is 5.82. The highest BCUT2D eigenvalue weighted by Crippen LogP contribution is 2.30. The van der Waals surface area contributed by atoms with Crippen molar-refractivity contribution in [2.24, 2.45) is 0 Å². The SMILES string of the molecule is Cc1c(C=C2CCC2)ccc(F)c1Cl. The van der Waals surface area contributed by atoms with Crippen LogP contribution in [0, 0.1) is 12.7 Å². The average molecular weight is 211 g/mol. The molecule has 0 heterocycles. The van der Waals surface area contributed by atoms with E-state index in [9.17, 15) is 4.39 Å². The predicted octanol–water partition coefficient (Wildman–Crippen LogP) is 4.35. The van der Waals surface area contributed by atoms with Crippen molar-refractivity contribution < 1.29 is 4.39 Å². The zero-order valence-corrected chi connectivity index (χ0v) is 8.87. The lowest BCUT2D eigenvalue weighted by molar-refractivity contribution is 0.627. The summed E-state index contributed by atoms with van der Waals surface area (Å²) in [4.78, 5) is 0. The van der Waals surface area contributed by atoms with Crippen LogP contribution in [0.2, 0.25) is 5.02 Å². The van der Waals surface area contributed by atoms with Crippen molar-refractivity contribution in [3.8, 4) is 0 Å². The number of hydrogen-bond donors (Lipinski definition) is 0. The Hall–Kier alpha value is -0.820. The van der Waals surface area contributed by atoms with E-state index in [0.29, 0.717) is 0 Å². The molecule has 0 saturated heterocycles. The summed E-state index contributed by atoms with van der Waals surface area (Å²) in [6, 6.07) is 3.22. The number of rotatable bonds is 1. The lowest BCUT2D eigenvalue weighted by Crippen LogP contribution is -1.97. The third-order valence-corrected chi connectivity index (χ3v) is 3.20. The molecule has 0 amide bonds. The number of hydrogen-bond acceptors (Lipinski definition) is 0. The third kappa shape index (κ3) is 1.69. The molecule has 1 aromatic carbocycles. The third-order valence-electron chi connectivity index (χ3n) is 2.74. The monoisotopic (exact) mass is 210 g/mol. The van der Waals surface area contributed by atoms with Gasteiger partial charge in [0.1, 0.15) is 5.82 Å². The summed E-state index contributed by atoms with van der Waals surface area (Å²) in [6.45, 7) is 1.86. The van der Waals surface area contributed by atoms with Crippen LogP contribution in [0.5, 0.6) is 0 Å². The molecule has 1 aromatic rings. The van der Waals surface area contributed by atoms with E-state index in [0.717, 1.165) is 11.1 Å². The predicted molar refractivity (Wildman–Crippen MR) is 58.0 cm³/mol. The molecule has 2 rings (SSSR count). The van der Waals surface area contributed by atoms with Crippen molar-refractivity contribution in [1.29, 1.82) is 0 Å². The Kier molecular flexibility index (Phi) is 2.60. The van der Waals surface area contributed by atoms with Crippen molar-refractivity contribution in [3.63, 3.8) is 0 Å². The topological polar surface area (TPSA) is 0 Å². The highest BCUT2D eigenvalue weighted by molar-refractivity contribution is 6.31. The zero-order chi connectivity index (χ0) is 10.1. The fourth-order valence-corrected chi connectivity index (χ4v) is 1.74. The van der Waals surface area contributed by atoms with Crippen LogP contribution in [0.1, 0.15) is 30.4 Å². The second kappa shape index (κ2) is 3.74. The summed E-state index contributed by atoms with van der Waals surface area (Å²) in [7, 11) is 0. The summed E-state index contributed by atoms with van der Waals surface area (Å²) in [5.74, 6) is -0.333. The van der Waals surface area contributed by atoms with Crippen molar-refractivity contribution in [2.75, 3.05) is 0 Å². The minimum atomic E-state index is -0.333. The first-order valence-corrected chi connectivity index (χ1v) is 5.20. The molecule has 0 nitrogen and oxygen atoms in total. The van der Waals surface area contributed by atoms with Gasteiger partial charge < -0.3 is 0 Å². The van der Waals surface area contributed by atoms with Crippen LogP contribution in [0.3, 0.4) is 0 Å². The molecule has 1 saturated carbocycles. The van der Waals surface area contributed by atoms with Gasteiger partial charge in [-0.1, -0.05) is 29.3 Å². The maximum atomic E-state index is 13.0. The average Bonchev–Trinajstić information content (AvgIpc) is 2.10. The molecule has 0 spiro atoms. The van der Waals surface area contributed by atoms with Gasteiger partial charge in [-0.25, -0.2) is 4.39 Å². The lowest BCUT2D eigenvalue weighted by atomic mass is 9.90. The minimum absolute atomic E-state index is 0.249. The van der Waals surface area contributed by atoms with Gasteiger partial charge in [-0.2, -0.15) is 0 Å². The highest BCUT2D eigenvalue weighted by Gasteiger charge is 2.10. The van der Waals surface area contributed by atoms with Gasteiger partial charge in [-0.05, 0) is 43.4 Å². The van der Waals surface area contributed by atoms with E-state index in [4.69, 9.17) is 11.6 Å². The summed E-state index contributed by atoms with van der Waals surface area (Å²) in [6.07, 6.45) is 5.76. The highest BCUT2D eigenvalue weighted by atomic mass is 35.5. The molecule has 1 fully saturated rings. The van der Waals surface area contributed by atoms with Gasteiger partial charge in [0.2, 0.25) is 0 Å². The number of benzene rings is 1. The van der Waals surface area contributed by atoms with Gasteiger partial charge in [0.05, 0.1) is 5.02 Å². The van der Waals surface area contributed by atoms with Gasteiger partial charge in [0.25, 0.3) is 0 Å². The van der Waals surface area contributed by atoms with Crippen molar-refractivity contribution in [1.82, 2.24) is 0 Å². The molecule has 2 heteroatoms. The Morgan fingerprint density at radius 2 is 2.07 bits per heavy atom. The molecular formula is C12H12ClF. The van der Waals surface area contributed by atoms with Gasteiger partial charge in [-0.15, -0.1) is 0 Å². The Morgan fingerprint density at radius 3 is 2.64 bits per heavy atom. The van der Waals surface area contributed by atoms with Gasteiger partial charge in [-0.3, -0.25) is 0 Å². The number of allylic oxidation sites excluding steroid dienone is 1. The normalized spacial score (nSPS) is 15.2. The molecule has 1 aliphatic rings. The second-order valence-electron chi connectivity index (χ2n) is 3.73. The molecule has 1 aliphatic carbocycles. The van der Waals surface area contributed by atoms with E-state index in [1.165, 1.54) is 30.9 Å². The molecule has 0 atom stereocenters. The van der Waals surface area contributed by atoms with Crippen LogP contribution >= 0.6 is 11.6 Å². The van der Waals surface area contributed by atoms with Gasteiger partial charge in [0.15, 0.2) is 0 Å². The fourth-order valence-electron chi connectivity index (χ4n) is 1.57. The van der Waals surface area contributed by atoms with Gasteiger partial charge >= 0.3 is 0 Å². The first-order valence-electron chi connectivity index (χ1n) is 4.82. The quantitative estimate of drug-likeness (QED) is 0.646. The molecule has 74 valence electrons. The number of halogens is 2. The molecule has 0 bridgehead atoms. The largest absolute Gasteiger partial charge is 0.205 e. The smallest absolute Gasteiger partial charge is 0.142 e. The first-order chi connectivity index (χ1) is 6.68. The lowest BCUT2D eigenvalue weighted by Gasteiger charge is -2.16. The Balaban J connectivity index is 2.39. The zero-order valence-electron chi connectivity index (χ0n) is 8.11. The maximum Gasteiger partial charge on any atom is 0.142 e. The molecule has 0 radical (unpaired) electrons. The minimum Gasteiger partial charge on any atom is -0.205 e. The summed E-state index contributed by atoms with van der Waals surface area (Å²) in [5.41, 5.74) is 3.33. The van der Waals surface area contributed by atoms with Crippen molar-refractivity contribution in [3.05, 3.63) is 39.7 Å². The van der Waals surface area contributed by atoms with E-state index >= 15 is 0 Å². The Labute approximate surface area is 88.4 Å². The van der Waals surface area contributed by atoms with Crippen LogP contribution in [0.25, 0.3) is 6.08 Å². The molecule has 0 aliphatic heterocycles. The van der Waals surface area contributed by atoms with E-state index in [1.54, 1.807) is 6.07 Å². The summed E-state index contributed by atoms with van der Waals surface area (Å²) in [5, 5.41) is 0.249. The fraction of sp³-hybridized carbons (Fsp3) is 0.333. The molecule has 14 heavy (non-hydrogen) atoms. The first kappa shape index (κ1) is 9.72. The standard InChI is InChI=1S/C12H12ClF/c1-8-10(7-9-3-2-4-9)5-6-11(14)12(8)13/h5-7H,2-4H2,1H3. The molecule has 0 unspecified atom stereocenters. The van der Waals surface area contributed by atoms with Crippen molar-refractivity contribution in [2.45, 2.75) is 26.2 Å². The maximum absolute atomic E-state index is 13.0. The van der Waals surface area contributed by atoms with Crippen LogP contribution in [-0.2, 0) is 0 Å². The Morgan fingerprint density at radius 1 is 1.36 bits per heavy atom. The van der Waals surface area contributed by atoms with Crippen LogP contribution in [0.4, 0.5) is 4.39 Å². The van der Waals surface area contributed by atoms with Crippen LogP contribution in [-0.4, -0.2) is 0 Å². The van der Waals surface area contributed by atoms with E-state index < -0.39 is 0 Å². The molecule has 0 aromatic heterocycles. The van der Waals surface area contributed by atoms with E-state index in [2.05, 4.69) is 6.08 Å². The summed E-state index contributed by atoms with van der Waals surface area (Å²) < 4.78 is 13.0. The van der Waals surface area contributed by atoms with Crippen molar-refractivity contribution >= 4 is 17.7 Å². The van der Waals surface area contributed by atoms with E-state index in [1.807, 2.05) is 6.92 Å².